The Balaban J connectivity index is 3.42. The average molecular weight is 170 g/mol. The summed E-state index contributed by atoms with van der Waals surface area (Å²) in [6.45, 7) is 5.93. The maximum Gasteiger partial charge on any atom is 0.182 e. The summed E-state index contributed by atoms with van der Waals surface area (Å²) in [6, 6.07) is 0.959. The molecule has 0 aromatic carbocycles. The van der Waals surface area contributed by atoms with Crippen molar-refractivity contribution >= 4 is 8.32 Å². The third-order valence-corrected chi connectivity index (χ3v) is 2.87. The Labute approximate surface area is 70.6 Å². The number of hydrogen-bond acceptors (Lipinski definition) is 1. The highest BCUT2D eigenvalue weighted by atomic mass is 28.4. The van der Waals surface area contributed by atoms with Gasteiger partial charge < -0.3 is 4.80 Å². The molecule has 0 amide bonds. The highest BCUT2D eigenvalue weighted by Crippen LogP contribution is 2.07. The molecule has 1 nitrogen and oxygen atoms in total. The summed E-state index contributed by atoms with van der Waals surface area (Å²) >= 11 is 0. The molecule has 0 spiro atoms. The van der Waals surface area contributed by atoms with Crippen LogP contribution < -0.4 is 0 Å². The second kappa shape index (κ2) is 5.33. The number of hydrogen-bond donors (Lipinski definition) is 1. The van der Waals surface area contributed by atoms with Crippen LogP contribution in [0.1, 0.15) is 13.3 Å². The van der Waals surface area contributed by atoms with Gasteiger partial charge >= 0.3 is 0 Å². The molecule has 2 heteroatoms. The summed E-state index contributed by atoms with van der Waals surface area (Å²) < 4.78 is 0. The number of rotatable bonds is 4. The van der Waals surface area contributed by atoms with Crippen molar-refractivity contribution in [3.8, 4) is 0 Å². The predicted octanol–water partition coefficient (Wildman–Crippen LogP) is 2.71. The van der Waals surface area contributed by atoms with Crippen LogP contribution in [-0.2, 0) is 0 Å². The standard InChI is InChI=1S/C9H18OSi/c1-4-5-6-7-8-9-11(2,3)10/h4-7,10H,8-9H2,1-3H3/b5-4-,7-6-. The van der Waals surface area contributed by atoms with E-state index < -0.39 is 8.32 Å². The molecule has 0 heterocycles. The molecule has 0 aliphatic heterocycles. The van der Waals surface area contributed by atoms with Crippen LogP contribution >= 0.6 is 0 Å². The van der Waals surface area contributed by atoms with E-state index in [4.69, 9.17) is 0 Å². The molecule has 0 fully saturated rings. The molecule has 11 heavy (non-hydrogen) atoms. The van der Waals surface area contributed by atoms with Gasteiger partial charge in [0, 0.05) is 0 Å². The first-order valence-electron chi connectivity index (χ1n) is 4.06. The molecule has 0 unspecified atom stereocenters. The summed E-state index contributed by atoms with van der Waals surface area (Å²) in [5.74, 6) is 0. The van der Waals surface area contributed by atoms with Gasteiger partial charge in [0.15, 0.2) is 8.32 Å². The minimum absolute atomic E-state index is 0.959. The van der Waals surface area contributed by atoms with Crippen LogP contribution in [-0.4, -0.2) is 13.1 Å². The van der Waals surface area contributed by atoms with Crippen LogP contribution in [0.15, 0.2) is 24.3 Å². The van der Waals surface area contributed by atoms with Crippen LogP contribution in [0, 0.1) is 0 Å². The molecule has 0 aliphatic rings. The van der Waals surface area contributed by atoms with E-state index in [1.165, 1.54) is 0 Å². The summed E-state index contributed by atoms with van der Waals surface area (Å²) in [4.78, 5) is 9.46. The van der Waals surface area contributed by atoms with Crippen molar-refractivity contribution in [1.82, 2.24) is 0 Å². The van der Waals surface area contributed by atoms with E-state index in [-0.39, 0.29) is 0 Å². The van der Waals surface area contributed by atoms with Crippen molar-refractivity contribution in [3.05, 3.63) is 24.3 Å². The second-order valence-corrected chi connectivity index (χ2v) is 7.43. The lowest BCUT2D eigenvalue weighted by molar-refractivity contribution is 0.548. The average Bonchev–Trinajstić information content (AvgIpc) is 1.85. The first-order chi connectivity index (χ1) is 5.06. The van der Waals surface area contributed by atoms with Crippen LogP contribution in [0.3, 0.4) is 0 Å². The third-order valence-electron chi connectivity index (χ3n) is 1.36. The Morgan fingerprint density at radius 1 is 1.27 bits per heavy atom. The molecule has 1 N–H and O–H groups in total. The van der Waals surface area contributed by atoms with Gasteiger partial charge in [-0.2, -0.15) is 0 Å². The summed E-state index contributed by atoms with van der Waals surface area (Å²) in [5.41, 5.74) is 0. The minimum Gasteiger partial charge on any atom is -0.432 e. The fraction of sp³-hybridized carbons (Fsp3) is 0.556. The topological polar surface area (TPSA) is 20.2 Å². The zero-order chi connectivity index (χ0) is 8.74. The molecule has 0 bridgehead atoms. The molecule has 0 saturated heterocycles. The summed E-state index contributed by atoms with van der Waals surface area (Å²) in [5, 5.41) is 0. The lowest BCUT2D eigenvalue weighted by atomic mass is 10.4. The molecule has 0 rings (SSSR count). The smallest absolute Gasteiger partial charge is 0.182 e. The Morgan fingerprint density at radius 2 is 1.91 bits per heavy atom. The van der Waals surface area contributed by atoms with Crippen molar-refractivity contribution in [2.45, 2.75) is 32.5 Å². The number of allylic oxidation sites excluding steroid dienone is 4. The fourth-order valence-corrected chi connectivity index (χ4v) is 1.60. The Morgan fingerprint density at radius 3 is 2.36 bits per heavy atom. The Bertz CT molecular complexity index is 142. The molecule has 0 aliphatic carbocycles. The monoisotopic (exact) mass is 170 g/mol. The van der Waals surface area contributed by atoms with Crippen molar-refractivity contribution in [1.29, 1.82) is 0 Å². The van der Waals surface area contributed by atoms with E-state index in [9.17, 15) is 4.80 Å². The van der Waals surface area contributed by atoms with E-state index in [2.05, 4.69) is 6.08 Å². The highest BCUT2D eigenvalue weighted by molar-refractivity contribution is 6.69. The van der Waals surface area contributed by atoms with Crippen LogP contribution in [0.2, 0.25) is 19.1 Å². The molecule has 0 aromatic rings. The predicted molar refractivity (Wildman–Crippen MR) is 53.1 cm³/mol. The van der Waals surface area contributed by atoms with Gasteiger partial charge in [0.05, 0.1) is 0 Å². The van der Waals surface area contributed by atoms with Crippen molar-refractivity contribution in [2.75, 3.05) is 0 Å². The molecular formula is C9H18OSi. The maximum absolute atomic E-state index is 9.46. The lowest BCUT2D eigenvalue weighted by Crippen LogP contribution is -2.23. The van der Waals surface area contributed by atoms with Crippen molar-refractivity contribution < 1.29 is 4.80 Å². The van der Waals surface area contributed by atoms with Gasteiger partial charge in [0.2, 0.25) is 0 Å². The van der Waals surface area contributed by atoms with Gasteiger partial charge in [-0.1, -0.05) is 24.3 Å². The molecule has 0 aromatic heterocycles. The molecule has 64 valence electrons. The highest BCUT2D eigenvalue weighted by Gasteiger charge is 2.14. The van der Waals surface area contributed by atoms with Crippen LogP contribution in [0.25, 0.3) is 0 Å². The van der Waals surface area contributed by atoms with Crippen molar-refractivity contribution in [3.63, 3.8) is 0 Å². The van der Waals surface area contributed by atoms with Crippen LogP contribution in [0.5, 0.6) is 0 Å². The third kappa shape index (κ3) is 9.66. The Kier molecular flexibility index (Phi) is 5.16. The van der Waals surface area contributed by atoms with Crippen molar-refractivity contribution in [2.24, 2.45) is 0 Å². The van der Waals surface area contributed by atoms with Gasteiger partial charge in [-0.15, -0.1) is 0 Å². The summed E-state index contributed by atoms with van der Waals surface area (Å²) in [7, 11) is -1.79. The lowest BCUT2D eigenvalue weighted by Gasteiger charge is -2.10. The maximum atomic E-state index is 9.46. The largest absolute Gasteiger partial charge is 0.432 e. The van der Waals surface area contributed by atoms with Gasteiger partial charge in [-0.25, -0.2) is 0 Å². The first-order valence-corrected chi connectivity index (χ1v) is 7.22. The minimum atomic E-state index is -1.79. The SMILES string of the molecule is C/C=C\C=C/CC[Si](C)(C)O. The van der Waals surface area contributed by atoms with E-state index >= 15 is 0 Å². The van der Waals surface area contributed by atoms with Gasteiger partial charge in [-0.05, 0) is 32.5 Å². The molecule has 0 atom stereocenters. The zero-order valence-corrected chi connectivity index (χ0v) is 8.67. The fourth-order valence-electron chi connectivity index (χ4n) is 0.722. The zero-order valence-electron chi connectivity index (χ0n) is 7.67. The van der Waals surface area contributed by atoms with E-state index in [1.807, 2.05) is 38.2 Å². The summed E-state index contributed by atoms with van der Waals surface area (Å²) in [6.07, 6.45) is 9.13. The molecular weight excluding hydrogens is 152 g/mol. The van der Waals surface area contributed by atoms with Gasteiger partial charge in [-0.3, -0.25) is 0 Å². The first kappa shape index (κ1) is 10.7. The van der Waals surface area contributed by atoms with Gasteiger partial charge in [0.1, 0.15) is 0 Å². The normalized spacial score (nSPS) is 13.5. The van der Waals surface area contributed by atoms with E-state index in [1.54, 1.807) is 0 Å². The quantitative estimate of drug-likeness (QED) is 0.508. The Hall–Kier alpha value is -0.343. The van der Waals surface area contributed by atoms with Gasteiger partial charge in [0.25, 0.3) is 0 Å². The van der Waals surface area contributed by atoms with Crippen LogP contribution in [0.4, 0.5) is 0 Å². The molecule has 0 radical (unpaired) electrons. The van der Waals surface area contributed by atoms with E-state index in [0.717, 1.165) is 12.5 Å². The molecule has 0 saturated carbocycles. The second-order valence-electron chi connectivity index (χ2n) is 3.31. The van der Waals surface area contributed by atoms with E-state index in [0.29, 0.717) is 0 Å².